The summed E-state index contributed by atoms with van der Waals surface area (Å²) < 4.78 is 38.1. The fourth-order valence-electron chi connectivity index (χ4n) is 3.03. The molecule has 0 radical (unpaired) electrons. The van der Waals surface area contributed by atoms with E-state index in [-0.39, 0.29) is 17.2 Å². The molecule has 3 rings (SSSR count). The molecule has 1 spiro atoms. The van der Waals surface area contributed by atoms with Crippen LogP contribution in [0.1, 0.15) is 30.9 Å². The number of aliphatic imine (C=N–C) groups is 1. The van der Waals surface area contributed by atoms with Gasteiger partial charge in [-0.05, 0) is 37.5 Å². The molecule has 0 bridgehead atoms. The highest BCUT2D eigenvalue weighted by Gasteiger charge is 2.55. The van der Waals surface area contributed by atoms with Gasteiger partial charge in [-0.3, -0.25) is 9.79 Å². The van der Waals surface area contributed by atoms with Gasteiger partial charge >= 0.3 is 0 Å². The lowest BCUT2D eigenvalue weighted by molar-refractivity contribution is -0.105. The Kier molecular flexibility index (Phi) is 3.43. The summed E-state index contributed by atoms with van der Waals surface area (Å²) in [5, 5.41) is 2.41. The molecule has 22 heavy (non-hydrogen) atoms. The number of amides is 1. The first kappa shape index (κ1) is 15.0. The number of benzene rings is 1. The van der Waals surface area contributed by atoms with Crippen LogP contribution in [0.3, 0.4) is 0 Å². The van der Waals surface area contributed by atoms with Crippen molar-refractivity contribution in [2.24, 2.45) is 10.7 Å². The second-order valence-corrected chi connectivity index (χ2v) is 8.00. The van der Waals surface area contributed by atoms with Gasteiger partial charge in [-0.15, -0.1) is 0 Å². The van der Waals surface area contributed by atoms with Crippen LogP contribution in [0.2, 0.25) is 0 Å². The van der Waals surface area contributed by atoms with E-state index in [2.05, 4.69) is 10.3 Å². The van der Waals surface area contributed by atoms with Gasteiger partial charge in [-0.1, -0.05) is 0 Å². The number of amidine groups is 1. The van der Waals surface area contributed by atoms with E-state index in [4.69, 9.17) is 5.73 Å². The standard InChI is InChI=1S/C14H16FN3O3S/c15-11-3-2-9(17-8-19)6-10(11)12-7-22(20,21)14(4-1-5-14)13(16)18-12/h2-3,6,8,12H,1,4-5,7H2,(H2,16,18)(H,17,19). The van der Waals surface area contributed by atoms with Gasteiger partial charge in [0.25, 0.3) is 0 Å². The van der Waals surface area contributed by atoms with Crippen LogP contribution in [-0.4, -0.2) is 31.2 Å². The first-order valence-corrected chi connectivity index (χ1v) is 8.60. The lowest BCUT2D eigenvalue weighted by Crippen LogP contribution is -2.59. The molecule has 1 aliphatic carbocycles. The molecule has 1 heterocycles. The maximum atomic E-state index is 14.0. The first-order chi connectivity index (χ1) is 10.4. The predicted octanol–water partition coefficient (Wildman–Crippen LogP) is 1.14. The molecule has 1 aromatic rings. The molecule has 0 aromatic heterocycles. The highest BCUT2D eigenvalue weighted by Crippen LogP contribution is 2.45. The van der Waals surface area contributed by atoms with Crippen LogP contribution in [0.4, 0.5) is 10.1 Å². The number of nitrogens with zero attached hydrogens (tertiary/aromatic N) is 1. The van der Waals surface area contributed by atoms with E-state index in [1.807, 2.05) is 0 Å². The highest BCUT2D eigenvalue weighted by atomic mass is 32.2. The minimum atomic E-state index is -3.49. The van der Waals surface area contributed by atoms with Gasteiger partial charge in [0.05, 0.1) is 11.8 Å². The molecule has 1 aromatic carbocycles. The van der Waals surface area contributed by atoms with E-state index < -0.39 is 26.4 Å². The van der Waals surface area contributed by atoms with Gasteiger partial charge in [0.15, 0.2) is 9.84 Å². The van der Waals surface area contributed by atoms with Gasteiger partial charge < -0.3 is 11.1 Å². The predicted molar refractivity (Wildman–Crippen MR) is 80.8 cm³/mol. The van der Waals surface area contributed by atoms with Crippen LogP contribution in [0.15, 0.2) is 23.2 Å². The number of carbonyl (C=O) groups is 1. The molecule has 1 unspecified atom stereocenters. The summed E-state index contributed by atoms with van der Waals surface area (Å²) in [7, 11) is -3.49. The molecule has 6 nitrogen and oxygen atoms in total. The molecule has 1 fully saturated rings. The Morgan fingerprint density at radius 3 is 2.68 bits per heavy atom. The summed E-state index contributed by atoms with van der Waals surface area (Å²) in [6, 6.07) is 3.07. The Morgan fingerprint density at radius 1 is 1.41 bits per heavy atom. The number of nitrogens with one attached hydrogen (secondary N) is 1. The molecule has 1 atom stereocenters. The number of carbonyl (C=O) groups excluding carboxylic acids is 1. The summed E-state index contributed by atoms with van der Waals surface area (Å²) in [5.74, 6) is -0.768. The Morgan fingerprint density at radius 2 is 2.14 bits per heavy atom. The Labute approximate surface area is 127 Å². The SMILES string of the molecule is NC1=NC(c2cc(NC=O)ccc2F)CS(=O)(=O)C12CCC2. The summed E-state index contributed by atoms with van der Waals surface area (Å²) in [6.45, 7) is 0. The number of hydrogen-bond acceptors (Lipinski definition) is 5. The van der Waals surface area contributed by atoms with Gasteiger partial charge in [-0.2, -0.15) is 0 Å². The van der Waals surface area contributed by atoms with Gasteiger partial charge in [0, 0.05) is 11.3 Å². The number of sulfone groups is 1. The summed E-state index contributed by atoms with van der Waals surface area (Å²) in [5.41, 5.74) is 6.40. The smallest absolute Gasteiger partial charge is 0.211 e. The minimum absolute atomic E-state index is 0.0724. The number of halogens is 1. The molecule has 8 heteroatoms. The van der Waals surface area contributed by atoms with E-state index >= 15 is 0 Å². The van der Waals surface area contributed by atoms with E-state index in [0.717, 1.165) is 6.42 Å². The number of rotatable bonds is 3. The van der Waals surface area contributed by atoms with Crippen LogP contribution in [0.5, 0.6) is 0 Å². The van der Waals surface area contributed by atoms with Crippen LogP contribution >= 0.6 is 0 Å². The van der Waals surface area contributed by atoms with E-state index in [1.165, 1.54) is 18.2 Å². The summed E-state index contributed by atoms with van der Waals surface area (Å²) in [6.07, 6.45) is 2.22. The number of hydrogen-bond donors (Lipinski definition) is 2. The van der Waals surface area contributed by atoms with Gasteiger partial charge in [0.2, 0.25) is 6.41 Å². The van der Waals surface area contributed by atoms with Crippen molar-refractivity contribution in [3.05, 3.63) is 29.6 Å². The van der Waals surface area contributed by atoms with Crippen LogP contribution in [-0.2, 0) is 14.6 Å². The van der Waals surface area contributed by atoms with E-state index in [9.17, 15) is 17.6 Å². The van der Waals surface area contributed by atoms with Crippen LogP contribution in [0, 0.1) is 5.82 Å². The largest absolute Gasteiger partial charge is 0.386 e. The topological polar surface area (TPSA) is 102 Å². The zero-order valence-corrected chi connectivity index (χ0v) is 12.6. The molecule has 1 saturated carbocycles. The third kappa shape index (κ3) is 2.09. The maximum absolute atomic E-state index is 14.0. The van der Waals surface area contributed by atoms with E-state index in [1.54, 1.807) is 0 Å². The quantitative estimate of drug-likeness (QED) is 0.814. The lowest BCUT2D eigenvalue weighted by Gasteiger charge is -2.43. The molecule has 2 aliphatic rings. The van der Waals surface area contributed by atoms with Gasteiger partial charge in [-0.25, -0.2) is 12.8 Å². The van der Waals surface area contributed by atoms with Crippen LogP contribution in [0.25, 0.3) is 0 Å². The second-order valence-electron chi connectivity index (χ2n) is 5.66. The maximum Gasteiger partial charge on any atom is 0.211 e. The third-order valence-corrected chi connectivity index (χ3v) is 7.04. The van der Waals surface area contributed by atoms with Crippen molar-refractivity contribution in [2.75, 3.05) is 11.1 Å². The fourth-order valence-corrected chi connectivity index (χ4v) is 5.30. The van der Waals surface area contributed by atoms with Crippen molar-refractivity contribution < 1.29 is 17.6 Å². The van der Waals surface area contributed by atoms with Crippen molar-refractivity contribution >= 4 is 27.8 Å². The number of anilines is 1. The third-order valence-electron chi connectivity index (χ3n) is 4.48. The monoisotopic (exact) mass is 325 g/mol. The molecule has 0 saturated heterocycles. The molecular formula is C14H16FN3O3S. The normalized spacial score (nSPS) is 25.1. The summed E-state index contributed by atoms with van der Waals surface area (Å²) in [4.78, 5) is 14.7. The van der Waals surface area contributed by atoms with Crippen molar-refractivity contribution in [3.63, 3.8) is 0 Å². The molecular weight excluding hydrogens is 309 g/mol. The average molecular weight is 325 g/mol. The van der Waals surface area contributed by atoms with Crippen molar-refractivity contribution in [3.8, 4) is 0 Å². The number of nitrogens with two attached hydrogens (primary N) is 1. The zero-order valence-electron chi connectivity index (χ0n) is 11.8. The Balaban J connectivity index is 2.03. The van der Waals surface area contributed by atoms with E-state index in [0.29, 0.717) is 24.9 Å². The van der Waals surface area contributed by atoms with Crippen LogP contribution < -0.4 is 11.1 Å². The molecule has 3 N–H and O–H groups in total. The van der Waals surface area contributed by atoms with Crippen molar-refractivity contribution in [2.45, 2.75) is 30.1 Å². The molecule has 1 amide bonds. The Bertz CT molecular complexity index is 757. The second kappa shape index (κ2) is 5.05. The highest BCUT2D eigenvalue weighted by molar-refractivity contribution is 7.93. The molecule has 118 valence electrons. The summed E-state index contributed by atoms with van der Waals surface area (Å²) >= 11 is 0. The Hall–Kier alpha value is -1.96. The lowest BCUT2D eigenvalue weighted by atomic mass is 9.83. The van der Waals surface area contributed by atoms with Crippen molar-refractivity contribution in [1.29, 1.82) is 0 Å². The first-order valence-electron chi connectivity index (χ1n) is 6.95. The fraction of sp³-hybridized carbons (Fsp3) is 0.429. The minimum Gasteiger partial charge on any atom is -0.386 e. The van der Waals surface area contributed by atoms with Gasteiger partial charge in [0.1, 0.15) is 16.4 Å². The zero-order chi connectivity index (χ0) is 16.0. The van der Waals surface area contributed by atoms with Crippen molar-refractivity contribution in [1.82, 2.24) is 0 Å². The average Bonchev–Trinajstić information content (AvgIpc) is 2.37. The molecule has 1 aliphatic heterocycles.